The molecule has 1 aromatic carbocycles. The summed E-state index contributed by atoms with van der Waals surface area (Å²) in [5, 5.41) is 0. The lowest BCUT2D eigenvalue weighted by atomic mass is 10.1. The maximum absolute atomic E-state index is 12.9. The number of imidazole rings is 1. The molecule has 0 atom stereocenters. The van der Waals surface area contributed by atoms with Gasteiger partial charge in [-0.15, -0.1) is 0 Å². The SMILES string of the molecule is Nc1nc(OCc2ccccc2C(F)(F)F)c2[nH]cnc2n1. The number of halogens is 3. The molecule has 22 heavy (non-hydrogen) atoms. The molecule has 9 heteroatoms. The van der Waals surface area contributed by atoms with Gasteiger partial charge < -0.3 is 15.5 Å². The standard InChI is InChI=1S/C13H10F3N5O/c14-13(15,16)8-4-2-1-3-7(8)5-22-11-9-10(19-6-18-9)20-12(17)21-11/h1-4,6H,5H2,(H3,17,18,19,20,21). The highest BCUT2D eigenvalue weighted by atomic mass is 19.4. The molecule has 0 aliphatic heterocycles. The van der Waals surface area contributed by atoms with Crippen molar-refractivity contribution in [2.75, 3.05) is 5.73 Å². The average Bonchev–Trinajstić information content (AvgIpc) is 2.92. The molecular weight excluding hydrogens is 299 g/mol. The lowest BCUT2D eigenvalue weighted by Gasteiger charge is -2.13. The topological polar surface area (TPSA) is 89.7 Å². The molecule has 0 saturated carbocycles. The van der Waals surface area contributed by atoms with E-state index in [0.29, 0.717) is 5.52 Å². The Morgan fingerprint density at radius 2 is 1.95 bits per heavy atom. The van der Waals surface area contributed by atoms with E-state index in [1.807, 2.05) is 0 Å². The van der Waals surface area contributed by atoms with Gasteiger partial charge in [-0.1, -0.05) is 18.2 Å². The van der Waals surface area contributed by atoms with Crippen molar-refractivity contribution in [3.8, 4) is 5.88 Å². The van der Waals surface area contributed by atoms with Crippen LogP contribution < -0.4 is 10.5 Å². The second-order valence-corrected chi connectivity index (χ2v) is 4.43. The summed E-state index contributed by atoms with van der Waals surface area (Å²) in [5.74, 6) is -0.0179. The highest BCUT2D eigenvalue weighted by molar-refractivity contribution is 5.76. The zero-order valence-corrected chi connectivity index (χ0v) is 11.1. The van der Waals surface area contributed by atoms with Crippen LogP contribution in [-0.2, 0) is 12.8 Å². The number of anilines is 1. The fourth-order valence-electron chi connectivity index (χ4n) is 2.00. The van der Waals surface area contributed by atoms with E-state index in [9.17, 15) is 13.2 Å². The summed E-state index contributed by atoms with van der Waals surface area (Å²) in [4.78, 5) is 14.4. The van der Waals surface area contributed by atoms with Gasteiger partial charge in [-0.05, 0) is 6.07 Å². The molecule has 0 fully saturated rings. The second-order valence-electron chi connectivity index (χ2n) is 4.43. The number of alkyl halides is 3. The van der Waals surface area contributed by atoms with Crippen molar-refractivity contribution in [3.05, 3.63) is 41.7 Å². The predicted molar refractivity (Wildman–Crippen MR) is 71.9 cm³/mol. The van der Waals surface area contributed by atoms with E-state index in [1.54, 1.807) is 0 Å². The fourth-order valence-corrected chi connectivity index (χ4v) is 2.00. The number of benzene rings is 1. The van der Waals surface area contributed by atoms with Crippen LogP contribution in [0.3, 0.4) is 0 Å². The Morgan fingerprint density at radius 3 is 2.73 bits per heavy atom. The molecular formula is C13H10F3N5O. The van der Waals surface area contributed by atoms with Crippen LogP contribution in [0.5, 0.6) is 5.88 Å². The third-order valence-electron chi connectivity index (χ3n) is 2.96. The minimum absolute atomic E-state index is 0.000140. The fraction of sp³-hybridized carbons (Fsp3) is 0.154. The molecule has 0 saturated heterocycles. The molecule has 0 bridgehead atoms. The summed E-state index contributed by atoms with van der Waals surface area (Å²) in [7, 11) is 0. The van der Waals surface area contributed by atoms with Crippen LogP contribution >= 0.6 is 0 Å². The number of hydrogen-bond acceptors (Lipinski definition) is 5. The minimum Gasteiger partial charge on any atom is -0.471 e. The first kappa shape index (κ1) is 14.1. The van der Waals surface area contributed by atoms with E-state index in [4.69, 9.17) is 10.5 Å². The van der Waals surface area contributed by atoms with Crippen LogP contribution in [0.1, 0.15) is 11.1 Å². The molecule has 0 aliphatic carbocycles. The van der Waals surface area contributed by atoms with Gasteiger partial charge in [0.2, 0.25) is 11.8 Å². The summed E-state index contributed by atoms with van der Waals surface area (Å²) < 4.78 is 44.2. The molecule has 3 N–H and O–H groups in total. The molecule has 0 spiro atoms. The molecule has 2 heterocycles. The van der Waals surface area contributed by atoms with E-state index in [1.165, 1.54) is 24.5 Å². The van der Waals surface area contributed by atoms with Gasteiger partial charge in [-0.3, -0.25) is 0 Å². The molecule has 2 aromatic heterocycles. The Balaban J connectivity index is 1.91. The summed E-state index contributed by atoms with van der Waals surface area (Å²) in [6.45, 7) is -0.305. The van der Waals surface area contributed by atoms with E-state index >= 15 is 0 Å². The smallest absolute Gasteiger partial charge is 0.416 e. The quantitative estimate of drug-likeness (QED) is 0.776. The first-order valence-corrected chi connectivity index (χ1v) is 6.19. The molecule has 114 valence electrons. The van der Waals surface area contributed by atoms with Gasteiger partial charge in [0.25, 0.3) is 0 Å². The summed E-state index contributed by atoms with van der Waals surface area (Å²) >= 11 is 0. The van der Waals surface area contributed by atoms with Gasteiger partial charge in [0, 0.05) is 5.56 Å². The first-order chi connectivity index (χ1) is 10.4. The number of nitrogens with two attached hydrogens (primary N) is 1. The normalized spacial score (nSPS) is 11.8. The molecule has 0 unspecified atom stereocenters. The number of nitrogen functional groups attached to an aromatic ring is 1. The largest absolute Gasteiger partial charge is 0.471 e. The maximum atomic E-state index is 12.9. The van der Waals surface area contributed by atoms with Crippen LogP contribution in [-0.4, -0.2) is 19.9 Å². The van der Waals surface area contributed by atoms with Crippen molar-refractivity contribution >= 4 is 17.1 Å². The number of rotatable bonds is 3. The number of aromatic nitrogens is 4. The Kier molecular flexibility index (Phi) is 3.32. The third kappa shape index (κ3) is 2.65. The van der Waals surface area contributed by atoms with Crippen molar-refractivity contribution in [1.82, 2.24) is 19.9 Å². The van der Waals surface area contributed by atoms with E-state index in [2.05, 4.69) is 19.9 Å². The first-order valence-electron chi connectivity index (χ1n) is 6.19. The van der Waals surface area contributed by atoms with Crippen molar-refractivity contribution in [1.29, 1.82) is 0 Å². The Bertz CT molecular complexity index is 815. The van der Waals surface area contributed by atoms with Crippen LogP contribution in [0.2, 0.25) is 0 Å². The number of aromatic amines is 1. The van der Waals surface area contributed by atoms with Gasteiger partial charge >= 0.3 is 6.18 Å². The van der Waals surface area contributed by atoms with Gasteiger partial charge in [-0.2, -0.15) is 23.1 Å². The highest BCUT2D eigenvalue weighted by Crippen LogP contribution is 2.32. The summed E-state index contributed by atoms with van der Waals surface area (Å²) in [5.41, 5.74) is 5.42. The second kappa shape index (κ2) is 5.17. The van der Waals surface area contributed by atoms with Gasteiger partial charge in [0.1, 0.15) is 12.1 Å². The molecule has 6 nitrogen and oxygen atoms in total. The molecule has 0 amide bonds. The van der Waals surface area contributed by atoms with E-state index in [0.717, 1.165) is 6.07 Å². The lowest BCUT2D eigenvalue weighted by molar-refractivity contribution is -0.138. The predicted octanol–water partition coefficient (Wildman–Crippen LogP) is 2.53. The van der Waals surface area contributed by atoms with Crippen molar-refractivity contribution in [2.24, 2.45) is 0 Å². The lowest BCUT2D eigenvalue weighted by Crippen LogP contribution is -2.11. The number of nitrogens with zero attached hydrogens (tertiary/aromatic N) is 3. The Morgan fingerprint density at radius 1 is 1.18 bits per heavy atom. The number of H-pyrrole nitrogens is 1. The molecule has 3 aromatic rings. The maximum Gasteiger partial charge on any atom is 0.416 e. The zero-order valence-electron chi connectivity index (χ0n) is 11.1. The van der Waals surface area contributed by atoms with Crippen LogP contribution in [0, 0.1) is 0 Å². The number of fused-ring (bicyclic) bond motifs is 1. The highest BCUT2D eigenvalue weighted by Gasteiger charge is 2.33. The van der Waals surface area contributed by atoms with Crippen LogP contribution in [0.25, 0.3) is 11.2 Å². The zero-order chi connectivity index (χ0) is 15.7. The van der Waals surface area contributed by atoms with Gasteiger partial charge in [0.15, 0.2) is 5.65 Å². The van der Waals surface area contributed by atoms with Gasteiger partial charge in [-0.25, -0.2) is 4.98 Å². The van der Waals surface area contributed by atoms with E-state index in [-0.39, 0.29) is 29.6 Å². The monoisotopic (exact) mass is 309 g/mol. The van der Waals surface area contributed by atoms with Crippen molar-refractivity contribution in [3.63, 3.8) is 0 Å². The van der Waals surface area contributed by atoms with Crippen molar-refractivity contribution < 1.29 is 17.9 Å². The molecule has 0 radical (unpaired) electrons. The number of nitrogens with one attached hydrogen (secondary N) is 1. The summed E-state index contributed by atoms with van der Waals surface area (Å²) in [6.07, 6.45) is -3.08. The van der Waals surface area contributed by atoms with E-state index < -0.39 is 11.7 Å². The van der Waals surface area contributed by atoms with Crippen molar-refractivity contribution in [2.45, 2.75) is 12.8 Å². The van der Waals surface area contributed by atoms with Crippen LogP contribution in [0.4, 0.5) is 19.1 Å². The third-order valence-corrected chi connectivity index (χ3v) is 2.96. The van der Waals surface area contributed by atoms with Gasteiger partial charge in [0.05, 0.1) is 11.9 Å². The summed E-state index contributed by atoms with van der Waals surface area (Å²) in [6, 6.07) is 5.17. The number of ether oxygens (including phenoxy) is 1. The number of hydrogen-bond donors (Lipinski definition) is 2. The molecule has 0 aliphatic rings. The van der Waals surface area contributed by atoms with Crippen LogP contribution in [0.15, 0.2) is 30.6 Å². The minimum atomic E-state index is -4.45. The molecule has 3 rings (SSSR count). The average molecular weight is 309 g/mol. The Hall–Kier alpha value is -2.84. The Labute approximate surface area is 122 Å².